The Hall–Kier alpha value is -2.69. The summed E-state index contributed by atoms with van der Waals surface area (Å²) in [7, 11) is 1.97. The molecule has 0 unspecified atom stereocenters. The monoisotopic (exact) mass is 266 g/mol. The largest absolute Gasteiger partial charge is 0.350 e. The lowest BCUT2D eigenvalue weighted by atomic mass is 10.2. The number of aryl methyl sites for hydroxylation is 2. The molecular formula is C15H14N4O. The van der Waals surface area contributed by atoms with E-state index >= 15 is 0 Å². The van der Waals surface area contributed by atoms with Crippen molar-refractivity contribution in [2.24, 2.45) is 7.05 Å². The smallest absolute Gasteiger partial charge is 0.275 e. The van der Waals surface area contributed by atoms with Crippen LogP contribution in [0.4, 0.5) is 5.69 Å². The molecule has 0 aliphatic heterocycles. The molecule has 0 aliphatic rings. The highest BCUT2D eigenvalue weighted by molar-refractivity contribution is 6.03. The lowest BCUT2D eigenvalue weighted by molar-refractivity contribution is 0.102. The highest BCUT2D eigenvalue weighted by Crippen LogP contribution is 2.20. The van der Waals surface area contributed by atoms with E-state index in [-0.39, 0.29) is 5.91 Å². The van der Waals surface area contributed by atoms with Gasteiger partial charge in [0.2, 0.25) is 0 Å². The first kappa shape index (κ1) is 12.3. The molecule has 0 bridgehead atoms. The number of benzene rings is 1. The molecule has 100 valence electrons. The molecule has 5 heteroatoms. The van der Waals surface area contributed by atoms with Crippen molar-refractivity contribution in [3.05, 3.63) is 54.2 Å². The molecule has 0 saturated heterocycles. The number of hydrogen-bond acceptors (Lipinski definition) is 3. The third kappa shape index (κ3) is 2.25. The Morgan fingerprint density at radius 3 is 2.80 bits per heavy atom. The lowest BCUT2D eigenvalue weighted by Crippen LogP contribution is -2.14. The van der Waals surface area contributed by atoms with Crippen molar-refractivity contribution in [2.75, 3.05) is 5.32 Å². The average Bonchev–Trinajstić information content (AvgIpc) is 2.81. The second-order valence-electron chi connectivity index (χ2n) is 4.70. The summed E-state index contributed by atoms with van der Waals surface area (Å²) in [4.78, 5) is 20.2. The number of hydrogen-bond donors (Lipinski definition) is 1. The number of fused-ring (bicyclic) bond motifs is 1. The van der Waals surface area contributed by atoms with Gasteiger partial charge in [0, 0.05) is 30.6 Å². The second-order valence-corrected chi connectivity index (χ2v) is 4.70. The number of amides is 1. The van der Waals surface area contributed by atoms with Crippen LogP contribution in [0.1, 0.15) is 16.2 Å². The maximum Gasteiger partial charge on any atom is 0.275 e. The molecule has 0 saturated carbocycles. The van der Waals surface area contributed by atoms with Crippen LogP contribution in [0.5, 0.6) is 0 Å². The van der Waals surface area contributed by atoms with Gasteiger partial charge in [-0.1, -0.05) is 6.07 Å². The van der Waals surface area contributed by atoms with Gasteiger partial charge in [-0.2, -0.15) is 0 Å². The minimum atomic E-state index is -0.258. The molecule has 3 aromatic rings. The van der Waals surface area contributed by atoms with Gasteiger partial charge >= 0.3 is 0 Å². The van der Waals surface area contributed by atoms with Gasteiger partial charge < -0.3 is 9.88 Å². The number of carbonyl (C=O) groups excluding carboxylic acids is 1. The van der Waals surface area contributed by atoms with E-state index in [1.54, 1.807) is 6.20 Å². The zero-order chi connectivity index (χ0) is 14.1. The minimum absolute atomic E-state index is 0.258. The van der Waals surface area contributed by atoms with E-state index in [0.29, 0.717) is 5.69 Å². The molecular weight excluding hydrogens is 252 g/mol. The molecule has 3 rings (SSSR count). The molecule has 1 amide bonds. The second kappa shape index (κ2) is 4.77. The summed E-state index contributed by atoms with van der Waals surface area (Å²) in [5.41, 5.74) is 2.90. The van der Waals surface area contributed by atoms with E-state index in [1.165, 1.54) is 6.20 Å². The Morgan fingerprint density at radius 1 is 1.20 bits per heavy atom. The first-order chi connectivity index (χ1) is 9.63. The minimum Gasteiger partial charge on any atom is -0.350 e. The third-order valence-corrected chi connectivity index (χ3v) is 3.16. The fraction of sp³-hybridized carbons (Fsp3) is 0.133. The molecule has 0 aliphatic carbocycles. The van der Waals surface area contributed by atoms with Crippen molar-refractivity contribution < 1.29 is 4.79 Å². The zero-order valence-corrected chi connectivity index (χ0v) is 11.3. The van der Waals surface area contributed by atoms with Crippen LogP contribution in [0.25, 0.3) is 10.9 Å². The molecule has 0 fully saturated rings. The van der Waals surface area contributed by atoms with Crippen LogP contribution >= 0.6 is 0 Å². The van der Waals surface area contributed by atoms with Gasteiger partial charge in [-0.05, 0) is 30.5 Å². The molecule has 20 heavy (non-hydrogen) atoms. The van der Waals surface area contributed by atoms with E-state index < -0.39 is 0 Å². The quantitative estimate of drug-likeness (QED) is 0.775. The Kier molecular flexibility index (Phi) is 2.95. The molecule has 1 N–H and O–H groups in total. The van der Waals surface area contributed by atoms with Crippen LogP contribution < -0.4 is 5.32 Å². The summed E-state index contributed by atoms with van der Waals surface area (Å²) in [6.07, 6.45) is 5.04. The van der Waals surface area contributed by atoms with Crippen LogP contribution in [-0.4, -0.2) is 20.4 Å². The Balaban J connectivity index is 1.86. The van der Waals surface area contributed by atoms with Crippen molar-refractivity contribution in [3.63, 3.8) is 0 Å². The number of anilines is 1. The van der Waals surface area contributed by atoms with Gasteiger partial charge in [0.1, 0.15) is 5.69 Å². The predicted octanol–water partition coefficient (Wildman–Crippen LogP) is 2.53. The summed E-state index contributed by atoms with van der Waals surface area (Å²) in [6, 6.07) is 7.83. The van der Waals surface area contributed by atoms with E-state index in [4.69, 9.17) is 0 Å². The molecule has 2 heterocycles. The SMILES string of the molecule is Cc1cnc(C(=O)Nc2ccc3ccn(C)c3c2)cn1. The van der Waals surface area contributed by atoms with Crippen LogP contribution in [0, 0.1) is 6.92 Å². The van der Waals surface area contributed by atoms with Crippen molar-refractivity contribution in [3.8, 4) is 0 Å². The number of carbonyl (C=O) groups is 1. The highest BCUT2D eigenvalue weighted by Gasteiger charge is 2.08. The fourth-order valence-electron chi connectivity index (χ4n) is 2.05. The van der Waals surface area contributed by atoms with E-state index in [9.17, 15) is 4.79 Å². The van der Waals surface area contributed by atoms with Gasteiger partial charge in [0.15, 0.2) is 0 Å². The van der Waals surface area contributed by atoms with Crippen molar-refractivity contribution in [1.29, 1.82) is 0 Å². The fourth-order valence-corrected chi connectivity index (χ4v) is 2.05. The Morgan fingerprint density at radius 2 is 2.05 bits per heavy atom. The van der Waals surface area contributed by atoms with Gasteiger partial charge in [-0.3, -0.25) is 9.78 Å². The standard InChI is InChI=1S/C15H14N4O/c1-10-8-17-13(9-16-10)15(20)18-12-4-3-11-5-6-19(2)14(11)7-12/h3-9H,1-2H3,(H,18,20). The topological polar surface area (TPSA) is 59.8 Å². The third-order valence-electron chi connectivity index (χ3n) is 3.16. The summed E-state index contributed by atoms with van der Waals surface area (Å²) in [5.74, 6) is -0.258. The number of nitrogens with one attached hydrogen (secondary N) is 1. The summed E-state index contributed by atoms with van der Waals surface area (Å²) in [5, 5.41) is 3.97. The molecule has 0 atom stereocenters. The maximum absolute atomic E-state index is 12.1. The molecule has 0 spiro atoms. The summed E-state index contributed by atoms with van der Waals surface area (Å²) >= 11 is 0. The van der Waals surface area contributed by atoms with Crippen molar-refractivity contribution in [1.82, 2.24) is 14.5 Å². The van der Waals surface area contributed by atoms with Crippen molar-refractivity contribution in [2.45, 2.75) is 6.92 Å². The van der Waals surface area contributed by atoms with Crippen LogP contribution in [-0.2, 0) is 7.05 Å². The maximum atomic E-state index is 12.1. The Bertz CT molecular complexity index is 774. The van der Waals surface area contributed by atoms with E-state index in [2.05, 4.69) is 15.3 Å². The lowest BCUT2D eigenvalue weighted by Gasteiger charge is -2.05. The zero-order valence-electron chi connectivity index (χ0n) is 11.3. The first-order valence-corrected chi connectivity index (χ1v) is 6.28. The van der Waals surface area contributed by atoms with Gasteiger partial charge in [-0.25, -0.2) is 4.98 Å². The van der Waals surface area contributed by atoms with Crippen LogP contribution in [0.3, 0.4) is 0 Å². The Labute approximate surface area is 116 Å². The molecule has 2 aromatic heterocycles. The van der Waals surface area contributed by atoms with Crippen LogP contribution in [0.15, 0.2) is 42.9 Å². The van der Waals surface area contributed by atoms with E-state index in [0.717, 1.165) is 22.3 Å². The first-order valence-electron chi connectivity index (χ1n) is 6.28. The average molecular weight is 266 g/mol. The number of rotatable bonds is 2. The predicted molar refractivity (Wildman–Crippen MR) is 77.6 cm³/mol. The molecule has 5 nitrogen and oxygen atoms in total. The number of nitrogens with zero attached hydrogens (tertiary/aromatic N) is 3. The van der Waals surface area contributed by atoms with Gasteiger partial charge in [0.05, 0.1) is 11.9 Å². The van der Waals surface area contributed by atoms with Crippen molar-refractivity contribution >= 4 is 22.5 Å². The highest BCUT2D eigenvalue weighted by atomic mass is 16.1. The number of aromatic nitrogens is 3. The molecule has 0 radical (unpaired) electrons. The van der Waals surface area contributed by atoms with Gasteiger partial charge in [0.25, 0.3) is 5.91 Å². The van der Waals surface area contributed by atoms with Gasteiger partial charge in [-0.15, -0.1) is 0 Å². The summed E-state index contributed by atoms with van der Waals surface area (Å²) in [6.45, 7) is 1.83. The summed E-state index contributed by atoms with van der Waals surface area (Å²) < 4.78 is 2.01. The normalized spacial score (nSPS) is 10.7. The molecule has 1 aromatic carbocycles. The van der Waals surface area contributed by atoms with E-state index in [1.807, 2.05) is 49.0 Å². The van der Waals surface area contributed by atoms with Crippen LogP contribution in [0.2, 0.25) is 0 Å².